The van der Waals surface area contributed by atoms with Crippen molar-refractivity contribution >= 4 is 17.5 Å². The van der Waals surface area contributed by atoms with Crippen LogP contribution in [0.25, 0.3) is 0 Å². The normalized spacial score (nSPS) is 12.8. The Labute approximate surface area is 148 Å². The summed E-state index contributed by atoms with van der Waals surface area (Å²) in [5.74, 6) is 0.0995. The van der Waals surface area contributed by atoms with Crippen molar-refractivity contribution < 1.29 is 14.3 Å². The van der Waals surface area contributed by atoms with Gasteiger partial charge in [-0.25, -0.2) is 0 Å². The molecule has 0 heterocycles. The van der Waals surface area contributed by atoms with E-state index in [1.54, 1.807) is 43.3 Å². The number of para-hydroxylation sites is 2. The van der Waals surface area contributed by atoms with Crippen LogP contribution in [-0.4, -0.2) is 24.0 Å². The molecule has 0 saturated carbocycles. The van der Waals surface area contributed by atoms with Crippen LogP contribution < -0.4 is 15.4 Å². The Bertz CT molecular complexity index is 716. The second kappa shape index (κ2) is 8.87. The topological polar surface area (TPSA) is 67.4 Å². The molecule has 5 heteroatoms. The third-order valence-corrected chi connectivity index (χ3v) is 3.84. The van der Waals surface area contributed by atoms with Gasteiger partial charge < -0.3 is 15.4 Å². The quantitative estimate of drug-likeness (QED) is 0.809. The van der Waals surface area contributed by atoms with Crippen LogP contribution in [0, 0.1) is 0 Å². The Morgan fingerprint density at radius 1 is 1.00 bits per heavy atom. The fourth-order valence-corrected chi connectivity index (χ4v) is 2.18. The summed E-state index contributed by atoms with van der Waals surface area (Å²) in [4.78, 5) is 24.8. The predicted octanol–water partition coefficient (Wildman–Crippen LogP) is 3.62. The molecule has 0 saturated heterocycles. The van der Waals surface area contributed by atoms with Gasteiger partial charge >= 0.3 is 0 Å². The predicted molar refractivity (Wildman–Crippen MR) is 98.8 cm³/mol. The second-order valence-electron chi connectivity index (χ2n) is 5.89. The molecule has 2 N–H and O–H groups in total. The molecule has 0 bridgehead atoms. The number of carbonyl (C=O) groups is 2. The summed E-state index contributed by atoms with van der Waals surface area (Å²) in [6, 6.07) is 16.1. The van der Waals surface area contributed by atoms with Crippen molar-refractivity contribution in [3.63, 3.8) is 0 Å². The molecule has 0 aliphatic rings. The lowest BCUT2D eigenvalue weighted by Gasteiger charge is -2.17. The van der Waals surface area contributed by atoms with Crippen molar-refractivity contribution in [3.8, 4) is 5.75 Å². The number of amides is 2. The van der Waals surface area contributed by atoms with Gasteiger partial charge in [0.25, 0.3) is 11.8 Å². The standard InChI is InChI=1S/C20H24N2O3/c1-4-14(2)21-20(24)17-12-8-9-13-18(17)22-19(23)15(3)25-16-10-6-5-7-11-16/h5-15H,4H2,1-3H3,(H,21,24)(H,22,23)/t14-,15-/m1/s1. The summed E-state index contributed by atoms with van der Waals surface area (Å²) in [6.07, 6.45) is 0.149. The average Bonchev–Trinajstić information content (AvgIpc) is 2.62. The molecule has 0 fully saturated rings. The zero-order valence-electron chi connectivity index (χ0n) is 14.8. The molecule has 0 aliphatic heterocycles. The molecule has 0 radical (unpaired) electrons. The summed E-state index contributed by atoms with van der Waals surface area (Å²) < 4.78 is 5.62. The number of hydrogen-bond acceptors (Lipinski definition) is 3. The number of ether oxygens (including phenoxy) is 1. The first-order valence-corrected chi connectivity index (χ1v) is 8.43. The molecule has 132 valence electrons. The van der Waals surface area contributed by atoms with Crippen LogP contribution in [0.2, 0.25) is 0 Å². The van der Waals surface area contributed by atoms with Crippen molar-refractivity contribution in [2.24, 2.45) is 0 Å². The summed E-state index contributed by atoms with van der Waals surface area (Å²) in [6.45, 7) is 5.61. The Morgan fingerprint density at radius 3 is 2.32 bits per heavy atom. The number of anilines is 1. The van der Waals surface area contributed by atoms with E-state index in [1.807, 2.05) is 32.0 Å². The van der Waals surface area contributed by atoms with Gasteiger partial charge in [-0.2, -0.15) is 0 Å². The number of hydrogen-bond donors (Lipinski definition) is 2. The smallest absolute Gasteiger partial charge is 0.265 e. The molecule has 0 spiro atoms. The molecular formula is C20H24N2O3. The SMILES string of the molecule is CC[C@@H](C)NC(=O)c1ccccc1NC(=O)[C@@H](C)Oc1ccccc1. The molecule has 2 rings (SSSR count). The van der Waals surface area contributed by atoms with Crippen molar-refractivity contribution in [1.29, 1.82) is 0 Å². The Hall–Kier alpha value is -2.82. The molecule has 25 heavy (non-hydrogen) atoms. The Kier molecular flexibility index (Phi) is 6.57. The monoisotopic (exact) mass is 340 g/mol. The van der Waals surface area contributed by atoms with Gasteiger partial charge in [-0.1, -0.05) is 37.3 Å². The van der Waals surface area contributed by atoms with Gasteiger partial charge in [0, 0.05) is 6.04 Å². The van der Waals surface area contributed by atoms with Gasteiger partial charge in [0.2, 0.25) is 0 Å². The first kappa shape index (κ1) is 18.5. The van der Waals surface area contributed by atoms with Gasteiger partial charge in [0.1, 0.15) is 5.75 Å². The first-order chi connectivity index (χ1) is 12.0. The van der Waals surface area contributed by atoms with Crippen LogP contribution in [0.1, 0.15) is 37.6 Å². The van der Waals surface area contributed by atoms with Gasteiger partial charge in [-0.05, 0) is 44.5 Å². The van der Waals surface area contributed by atoms with E-state index in [0.29, 0.717) is 17.0 Å². The molecule has 0 aromatic heterocycles. The number of carbonyl (C=O) groups excluding carboxylic acids is 2. The van der Waals surface area contributed by atoms with E-state index in [1.165, 1.54) is 0 Å². The summed E-state index contributed by atoms with van der Waals surface area (Å²) in [5.41, 5.74) is 0.903. The third-order valence-electron chi connectivity index (χ3n) is 3.84. The van der Waals surface area contributed by atoms with Crippen molar-refractivity contribution in [2.75, 3.05) is 5.32 Å². The van der Waals surface area contributed by atoms with Crippen LogP contribution in [0.15, 0.2) is 54.6 Å². The summed E-state index contributed by atoms with van der Waals surface area (Å²) in [7, 11) is 0. The second-order valence-corrected chi connectivity index (χ2v) is 5.89. The van der Waals surface area contributed by atoms with Crippen molar-refractivity contribution in [3.05, 3.63) is 60.2 Å². The lowest BCUT2D eigenvalue weighted by atomic mass is 10.1. The van der Waals surface area contributed by atoms with Crippen LogP contribution in [0.5, 0.6) is 5.75 Å². The van der Waals surface area contributed by atoms with E-state index < -0.39 is 6.10 Å². The van der Waals surface area contributed by atoms with Crippen molar-refractivity contribution in [2.45, 2.75) is 39.3 Å². The van der Waals surface area contributed by atoms with Gasteiger partial charge in [-0.3, -0.25) is 9.59 Å². The van der Waals surface area contributed by atoms with E-state index >= 15 is 0 Å². The average molecular weight is 340 g/mol. The van der Waals surface area contributed by atoms with E-state index in [0.717, 1.165) is 6.42 Å². The number of nitrogens with one attached hydrogen (secondary N) is 2. The number of benzene rings is 2. The highest BCUT2D eigenvalue weighted by molar-refractivity contribution is 6.04. The maximum atomic E-state index is 12.4. The van der Waals surface area contributed by atoms with E-state index in [2.05, 4.69) is 10.6 Å². The molecule has 2 aromatic carbocycles. The highest BCUT2D eigenvalue weighted by atomic mass is 16.5. The molecule has 2 atom stereocenters. The Balaban J connectivity index is 2.06. The van der Waals surface area contributed by atoms with E-state index in [-0.39, 0.29) is 17.9 Å². The maximum absolute atomic E-state index is 12.4. The summed E-state index contributed by atoms with van der Waals surface area (Å²) >= 11 is 0. The van der Waals surface area contributed by atoms with Gasteiger partial charge in [-0.15, -0.1) is 0 Å². The largest absolute Gasteiger partial charge is 0.481 e. The fraction of sp³-hybridized carbons (Fsp3) is 0.300. The van der Waals surface area contributed by atoms with Gasteiger partial charge in [0.15, 0.2) is 6.10 Å². The molecule has 0 unspecified atom stereocenters. The zero-order chi connectivity index (χ0) is 18.2. The van der Waals surface area contributed by atoms with Crippen LogP contribution in [0.3, 0.4) is 0 Å². The van der Waals surface area contributed by atoms with Crippen LogP contribution in [0.4, 0.5) is 5.69 Å². The minimum Gasteiger partial charge on any atom is -0.481 e. The number of rotatable bonds is 7. The van der Waals surface area contributed by atoms with E-state index in [4.69, 9.17) is 4.74 Å². The molecule has 2 amide bonds. The minimum atomic E-state index is -0.687. The minimum absolute atomic E-state index is 0.0663. The maximum Gasteiger partial charge on any atom is 0.265 e. The zero-order valence-corrected chi connectivity index (χ0v) is 14.8. The fourth-order valence-electron chi connectivity index (χ4n) is 2.18. The van der Waals surface area contributed by atoms with Crippen LogP contribution >= 0.6 is 0 Å². The first-order valence-electron chi connectivity index (χ1n) is 8.43. The van der Waals surface area contributed by atoms with Gasteiger partial charge in [0.05, 0.1) is 11.3 Å². The van der Waals surface area contributed by atoms with Crippen LogP contribution in [-0.2, 0) is 4.79 Å². The van der Waals surface area contributed by atoms with Crippen molar-refractivity contribution in [1.82, 2.24) is 5.32 Å². The molecule has 2 aromatic rings. The highest BCUT2D eigenvalue weighted by Crippen LogP contribution is 2.17. The van der Waals surface area contributed by atoms with E-state index in [9.17, 15) is 9.59 Å². The highest BCUT2D eigenvalue weighted by Gasteiger charge is 2.19. The lowest BCUT2D eigenvalue weighted by molar-refractivity contribution is -0.122. The third kappa shape index (κ3) is 5.35. The lowest BCUT2D eigenvalue weighted by Crippen LogP contribution is -2.34. The Morgan fingerprint density at radius 2 is 1.64 bits per heavy atom. The molecule has 5 nitrogen and oxygen atoms in total. The molecular weight excluding hydrogens is 316 g/mol. The molecule has 0 aliphatic carbocycles. The summed E-state index contributed by atoms with van der Waals surface area (Å²) in [5, 5.41) is 5.69.